The van der Waals surface area contributed by atoms with E-state index < -0.39 is 136 Å². The first-order chi connectivity index (χ1) is 28.5. The number of aliphatic hydroxyl groups excluding tert-OH is 6. The van der Waals surface area contributed by atoms with Gasteiger partial charge in [0.25, 0.3) is 0 Å². The maximum absolute atomic E-state index is 11.8. The van der Waals surface area contributed by atoms with Crippen molar-refractivity contribution in [2.75, 3.05) is 79.3 Å². The van der Waals surface area contributed by atoms with Crippen LogP contribution in [0.15, 0.2) is 75.9 Å². The largest absolute Gasteiger partial charge is 0.460 e. The minimum Gasteiger partial charge on any atom is -0.460 e. The van der Waals surface area contributed by atoms with Crippen LogP contribution in [-0.2, 0) is 71.4 Å². The molecule has 0 aliphatic rings. The summed E-state index contributed by atoms with van der Waals surface area (Å²) in [4.78, 5) is 70.5. The third kappa shape index (κ3) is 18.4. The van der Waals surface area contributed by atoms with Crippen LogP contribution in [0.2, 0.25) is 0 Å². The van der Waals surface area contributed by atoms with Gasteiger partial charge in [-0.1, -0.05) is 39.5 Å². The molecule has 6 unspecified atom stereocenters. The first-order valence-electron chi connectivity index (χ1n) is 18.0. The van der Waals surface area contributed by atoms with Crippen LogP contribution >= 0.6 is 0 Å². The predicted molar refractivity (Wildman–Crippen MR) is 205 cm³/mol. The Morgan fingerprint density at radius 1 is 0.367 bits per heavy atom. The first kappa shape index (κ1) is 54.9. The van der Waals surface area contributed by atoms with E-state index >= 15 is 0 Å². The van der Waals surface area contributed by atoms with Gasteiger partial charge in [-0.2, -0.15) is 0 Å². The van der Waals surface area contributed by atoms with Gasteiger partial charge in [0.15, 0.2) is 0 Å². The third-order valence-corrected chi connectivity index (χ3v) is 8.80. The number of hydrogen-bond acceptors (Lipinski definition) is 21. The molecule has 0 spiro atoms. The summed E-state index contributed by atoms with van der Waals surface area (Å²) < 4.78 is 46.2. The highest BCUT2D eigenvalue weighted by Crippen LogP contribution is 2.37. The van der Waals surface area contributed by atoms with Gasteiger partial charge >= 0.3 is 35.8 Å². The summed E-state index contributed by atoms with van der Waals surface area (Å²) in [5.74, 6) is -5.76. The molecule has 0 radical (unpaired) electrons. The molecule has 6 N–H and O–H groups in total. The van der Waals surface area contributed by atoms with E-state index in [2.05, 4.69) is 39.5 Å². The Morgan fingerprint density at radius 3 is 0.833 bits per heavy atom. The van der Waals surface area contributed by atoms with Crippen LogP contribution in [0.1, 0.15) is 6.42 Å². The molecular formula is C39H56O21. The van der Waals surface area contributed by atoms with Gasteiger partial charge in [0.1, 0.15) is 58.0 Å². The van der Waals surface area contributed by atoms with Crippen molar-refractivity contribution in [3.05, 3.63) is 75.9 Å². The van der Waals surface area contributed by atoms with Gasteiger partial charge < -0.3 is 73.3 Å². The monoisotopic (exact) mass is 860 g/mol. The molecule has 0 aromatic heterocycles. The summed E-state index contributed by atoms with van der Waals surface area (Å²) in [5, 5.41) is 67.1. The number of ether oxygens (including phenoxy) is 9. The molecule has 0 aliphatic carbocycles. The summed E-state index contributed by atoms with van der Waals surface area (Å²) in [6, 6.07) is 0. The summed E-state index contributed by atoms with van der Waals surface area (Å²) in [6.45, 7) is 12.9. The maximum Gasteiger partial charge on any atom is 0.330 e. The van der Waals surface area contributed by atoms with E-state index in [1.54, 1.807) is 0 Å². The molecule has 0 bridgehead atoms. The molecule has 0 rings (SSSR count). The van der Waals surface area contributed by atoms with E-state index in [0.29, 0.717) is 0 Å². The molecule has 60 heavy (non-hydrogen) atoms. The van der Waals surface area contributed by atoms with Crippen LogP contribution in [-0.4, -0.2) is 182 Å². The van der Waals surface area contributed by atoms with Crippen LogP contribution in [0.4, 0.5) is 0 Å². The molecule has 6 atom stereocenters. The van der Waals surface area contributed by atoms with Gasteiger partial charge in [-0.25, -0.2) is 28.8 Å². The minimum absolute atomic E-state index is 0.125. The molecule has 338 valence electrons. The van der Waals surface area contributed by atoms with Gasteiger partial charge in [0.05, 0.1) is 62.2 Å². The zero-order chi connectivity index (χ0) is 45.7. The van der Waals surface area contributed by atoms with E-state index in [1.165, 1.54) is 0 Å². The quantitative estimate of drug-likeness (QED) is 0.0173. The van der Waals surface area contributed by atoms with E-state index in [0.717, 1.165) is 36.5 Å². The average molecular weight is 861 g/mol. The molecule has 21 heteroatoms. The zero-order valence-corrected chi connectivity index (χ0v) is 33.2. The highest BCUT2D eigenvalue weighted by molar-refractivity contribution is 5.83. The Labute approximate surface area is 346 Å². The Kier molecular flexibility index (Phi) is 27.5. The van der Waals surface area contributed by atoms with Gasteiger partial charge in [0, 0.05) is 43.1 Å². The van der Waals surface area contributed by atoms with E-state index in [1.807, 2.05) is 0 Å². The lowest BCUT2D eigenvalue weighted by Crippen LogP contribution is -2.60. The Bertz CT molecular complexity index is 1190. The van der Waals surface area contributed by atoms with Crippen molar-refractivity contribution >= 4 is 35.8 Å². The second-order valence-electron chi connectivity index (χ2n) is 12.4. The molecule has 0 saturated heterocycles. The van der Waals surface area contributed by atoms with Crippen molar-refractivity contribution in [3.63, 3.8) is 0 Å². The molecule has 0 saturated carbocycles. The van der Waals surface area contributed by atoms with Gasteiger partial charge in [-0.3, -0.25) is 0 Å². The third-order valence-electron chi connectivity index (χ3n) is 8.80. The number of esters is 6. The lowest BCUT2D eigenvalue weighted by Gasteiger charge is -2.44. The van der Waals surface area contributed by atoms with Gasteiger partial charge in [-0.15, -0.1) is 0 Å². The predicted octanol–water partition coefficient (Wildman–Crippen LogP) is -2.06. The van der Waals surface area contributed by atoms with Gasteiger partial charge in [0.2, 0.25) is 0 Å². The van der Waals surface area contributed by atoms with Crippen LogP contribution < -0.4 is 0 Å². The number of aliphatic hydroxyl groups is 6. The summed E-state index contributed by atoms with van der Waals surface area (Å²) in [7, 11) is 0. The molecule has 0 aliphatic heterocycles. The molecular weight excluding hydrogens is 804 g/mol. The maximum atomic E-state index is 11.8. The summed E-state index contributed by atoms with van der Waals surface area (Å²) >= 11 is 0. The van der Waals surface area contributed by atoms with E-state index in [-0.39, 0.29) is 33.0 Å². The number of carbonyl (C=O) groups is 6. The van der Waals surface area contributed by atoms with Crippen molar-refractivity contribution in [1.82, 2.24) is 0 Å². The van der Waals surface area contributed by atoms with Crippen molar-refractivity contribution in [2.45, 2.75) is 43.0 Å². The highest BCUT2D eigenvalue weighted by atomic mass is 16.6. The first-order valence-corrected chi connectivity index (χ1v) is 18.0. The second kappa shape index (κ2) is 30.0. The fourth-order valence-electron chi connectivity index (χ4n) is 5.31. The standard InChI is InChI=1S/C39H56O21/c1-7-32(46)55-19-26(40)38(27(41)20-56-33(47)8-2,28(42)21-57-34(48)9-3)13-14-52-15-16-53-17-18-54-25-39(29(43)22-58-35(49)10-4,30(44)23-59-36(50)11-5)31(45)24-60-37(51)12-6/h7-12,26-31,40-45H,1-6,13-25H2. The SMILES string of the molecule is C=CC(=O)OCC(O)C(CCOCCOCCOCC(C(O)COC(=O)C=C)(C(O)COC(=O)C=C)C(O)COC(=O)C=C)(C(O)COC(=O)C=C)C(O)COC(=O)C=C. The molecule has 0 fully saturated rings. The Morgan fingerprint density at radius 2 is 0.583 bits per heavy atom. The number of rotatable bonds is 35. The zero-order valence-electron chi connectivity index (χ0n) is 33.2. The Balaban J connectivity index is 5.91. The molecule has 0 aromatic carbocycles. The fourth-order valence-corrected chi connectivity index (χ4v) is 5.31. The molecule has 0 aromatic rings. The van der Waals surface area contributed by atoms with Crippen LogP contribution in [0.3, 0.4) is 0 Å². The molecule has 0 amide bonds. The topological polar surface area (TPSA) is 307 Å². The smallest absolute Gasteiger partial charge is 0.330 e. The van der Waals surface area contributed by atoms with Crippen LogP contribution in [0.5, 0.6) is 0 Å². The van der Waals surface area contributed by atoms with Crippen molar-refractivity contribution < 1.29 is 102 Å². The molecule has 0 heterocycles. The summed E-state index contributed by atoms with van der Waals surface area (Å²) in [6.07, 6.45) is -7.01. The fraction of sp³-hybridized carbons (Fsp3) is 0.538. The lowest BCUT2D eigenvalue weighted by molar-refractivity contribution is -0.208. The van der Waals surface area contributed by atoms with Crippen molar-refractivity contribution in [1.29, 1.82) is 0 Å². The van der Waals surface area contributed by atoms with E-state index in [9.17, 15) is 59.4 Å². The van der Waals surface area contributed by atoms with Crippen molar-refractivity contribution in [3.8, 4) is 0 Å². The minimum atomic E-state index is -2.24. The average Bonchev–Trinajstić information content (AvgIpc) is 3.26. The van der Waals surface area contributed by atoms with Crippen molar-refractivity contribution in [2.24, 2.45) is 10.8 Å². The van der Waals surface area contributed by atoms with Crippen LogP contribution in [0, 0.1) is 10.8 Å². The lowest BCUT2D eigenvalue weighted by atomic mass is 9.70. The normalized spacial score (nSPS) is 15.9. The number of carbonyl (C=O) groups excluding carboxylic acids is 6. The molecule has 21 nitrogen and oxygen atoms in total. The van der Waals surface area contributed by atoms with Crippen LogP contribution in [0.25, 0.3) is 0 Å². The Hall–Kier alpha value is -5.10. The highest BCUT2D eigenvalue weighted by Gasteiger charge is 2.53. The number of hydrogen-bond donors (Lipinski definition) is 6. The van der Waals surface area contributed by atoms with Gasteiger partial charge in [-0.05, 0) is 6.42 Å². The summed E-state index contributed by atoms with van der Waals surface area (Å²) in [5.41, 5.74) is -4.36. The van der Waals surface area contributed by atoms with E-state index in [4.69, 9.17) is 42.6 Å². The second-order valence-corrected chi connectivity index (χ2v) is 12.4.